The van der Waals surface area contributed by atoms with Crippen LogP contribution in [0.3, 0.4) is 0 Å². The minimum atomic E-state index is 0.255. The predicted molar refractivity (Wildman–Crippen MR) is 76.7 cm³/mol. The Morgan fingerprint density at radius 1 is 1.12 bits per heavy atom. The van der Waals surface area contributed by atoms with Gasteiger partial charge in [-0.15, -0.1) is 0 Å². The van der Waals surface area contributed by atoms with Gasteiger partial charge in [-0.25, -0.2) is 0 Å². The Morgan fingerprint density at radius 3 is 2.12 bits per heavy atom. The van der Waals surface area contributed by atoms with E-state index in [0.717, 1.165) is 0 Å². The highest BCUT2D eigenvalue weighted by molar-refractivity contribution is 5.11. The van der Waals surface area contributed by atoms with Gasteiger partial charge in [0.2, 0.25) is 0 Å². The summed E-state index contributed by atoms with van der Waals surface area (Å²) in [6, 6.07) is 0.389. The van der Waals surface area contributed by atoms with E-state index >= 15 is 0 Å². The molecular formula is C16H29N. The molecule has 0 spiro atoms. The van der Waals surface area contributed by atoms with Crippen LogP contribution in [0.1, 0.15) is 41.5 Å². The molecular weight excluding hydrogens is 206 g/mol. The predicted octanol–water partition coefficient (Wildman–Crippen LogP) is 4.01. The maximum atomic E-state index is 6.12. The summed E-state index contributed by atoms with van der Waals surface area (Å²) in [5.74, 6) is 2.52. The molecule has 1 nitrogen and oxygen atoms in total. The van der Waals surface area contributed by atoms with Crippen LogP contribution in [0, 0.1) is 29.1 Å². The van der Waals surface area contributed by atoms with Gasteiger partial charge in [0.25, 0.3) is 0 Å². The first-order chi connectivity index (χ1) is 7.81. The third kappa shape index (κ3) is 3.01. The first kappa shape index (κ1) is 14.5. The minimum absolute atomic E-state index is 0.255. The second-order valence-corrected chi connectivity index (χ2v) is 6.39. The second kappa shape index (κ2) is 5.39. The average molecular weight is 235 g/mol. The zero-order valence-electron chi connectivity index (χ0n) is 12.3. The highest BCUT2D eigenvalue weighted by Crippen LogP contribution is 2.50. The van der Waals surface area contributed by atoms with Gasteiger partial charge < -0.3 is 5.73 Å². The summed E-state index contributed by atoms with van der Waals surface area (Å²) in [4.78, 5) is 0. The zero-order valence-corrected chi connectivity index (χ0v) is 12.3. The van der Waals surface area contributed by atoms with Crippen LogP contribution in [0.2, 0.25) is 0 Å². The lowest BCUT2D eigenvalue weighted by atomic mass is 9.53. The normalized spacial score (nSPS) is 36.4. The standard InChI is InChI=1S/C16H29N/c1-7-8-11(2)9-10-16(5,6)14-12(3)15(17)13(14)4/h7-15H,17H2,1-6H3/b8-7-,10-9-. The van der Waals surface area contributed by atoms with Crippen molar-refractivity contribution in [2.45, 2.75) is 47.6 Å². The molecule has 0 aromatic carbocycles. The van der Waals surface area contributed by atoms with Gasteiger partial charge in [-0.3, -0.25) is 0 Å². The van der Waals surface area contributed by atoms with Gasteiger partial charge in [-0.1, -0.05) is 58.9 Å². The van der Waals surface area contributed by atoms with Crippen molar-refractivity contribution >= 4 is 0 Å². The number of allylic oxidation sites excluding steroid dienone is 4. The molecule has 2 N–H and O–H groups in total. The van der Waals surface area contributed by atoms with Crippen molar-refractivity contribution in [1.29, 1.82) is 0 Å². The van der Waals surface area contributed by atoms with Crippen molar-refractivity contribution in [3.63, 3.8) is 0 Å². The molecule has 1 saturated carbocycles. The molecule has 0 aromatic rings. The van der Waals surface area contributed by atoms with Gasteiger partial charge >= 0.3 is 0 Å². The van der Waals surface area contributed by atoms with Crippen LogP contribution in [0.4, 0.5) is 0 Å². The topological polar surface area (TPSA) is 26.0 Å². The SMILES string of the molecule is C/C=C\C(C)/C=C\C(C)(C)C1C(C)C(N)C1C. The van der Waals surface area contributed by atoms with E-state index in [9.17, 15) is 0 Å². The maximum Gasteiger partial charge on any atom is 0.00965 e. The maximum absolute atomic E-state index is 6.12. The third-order valence-electron chi connectivity index (χ3n) is 4.53. The summed E-state index contributed by atoms with van der Waals surface area (Å²) >= 11 is 0. The lowest BCUT2D eigenvalue weighted by Crippen LogP contribution is -2.58. The summed E-state index contributed by atoms with van der Waals surface area (Å²) in [7, 11) is 0. The lowest BCUT2D eigenvalue weighted by Gasteiger charge is -2.54. The first-order valence-electron chi connectivity index (χ1n) is 6.89. The molecule has 0 aromatic heterocycles. The van der Waals surface area contributed by atoms with Crippen molar-refractivity contribution in [2.75, 3.05) is 0 Å². The van der Waals surface area contributed by atoms with E-state index in [1.165, 1.54) is 0 Å². The van der Waals surface area contributed by atoms with Gasteiger partial charge in [0.1, 0.15) is 0 Å². The number of hydrogen-bond donors (Lipinski definition) is 1. The van der Waals surface area contributed by atoms with Gasteiger partial charge in [-0.05, 0) is 36.0 Å². The summed E-state index contributed by atoms with van der Waals surface area (Å²) < 4.78 is 0. The summed E-state index contributed by atoms with van der Waals surface area (Å²) in [6.45, 7) is 13.6. The van der Waals surface area contributed by atoms with E-state index in [4.69, 9.17) is 5.73 Å². The van der Waals surface area contributed by atoms with E-state index in [0.29, 0.717) is 29.7 Å². The van der Waals surface area contributed by atoms with Crippen LogP contribution >= 0.6 is 0 Å². The lowest BCUT2D eigenvalue weighted by molar-refractivity contribution is -0.00827. The van der Waals surface area contributed by atoms with Crippen molar-refractivity contribution in [1.82, 2.24) is 0 Å². The molecule has 1 aliphatic rings. The van der Waals surface area contributed by atoms with Crippen molar-refractivity contribution in [2.24, 2.45) is 34.8 Å². The van der Waals surface area contributed by atoms with Crippen LogP contribution in [0.5, 0.6) is 0 Å². The molecule has 0 radical (unpaired) electrons. The Hall–Kier alpha value is -0.560. The van der Waals surface area contributed by atoms with Gasteiger partial charge in [0, 0.05) is 6.04 Å². The Morgan fingerprint density at radius 2 is 1.65 bits per heavy atom. The zero-order chi connectivity index (χ0) is 13.2. The van der Waals surface area contributed by atoms with Gasteiger partial charge in [0.15, 0.2) is 0 Å². The molecule has 0 saturated heterocycles. The molecule has 0 aliphatic heterocycles. The monoisotopic (exact) mass is 235 g/mol. The molecule has 0 bridgehead atoms. The van der Waals surface area contributed by atoms with Crippen LogP contribution in [-0.4, -0.2) is 6.04 Å². The Labute approximate surface area is 107 Å². The van der Waals surface area contributed by atoms with Crippen LogP contribution in [0.25, 0.3) is 0 Å². The molecule has 3 unspecified atom stereocenters. The Bertz CT molecular complexity index is 291. The van der Waals surface area contributed by atoms with E-state index < -0.39 is 0 Å². The third-order valence-corrected chi connectivity index (χ3v) is 4.53. The molecule has 17 heavy (non-hydrogen) atoms. The van der Waals surface area contributed by atoms with Gasteiger partial charge in [-0.2, -0.15) is 0 Å². The summed E-state index contributed by atoms with van der Waals surface area (Å²) in [5, 5.41) is 0. The largest absolute Gasteiger partial charge is 0.327 e. The van der Waals surface area contributed by atoms with Gasteiger partial charge in [0.05, 0.1) is 0 Å². The highest BCUT2D eigenvalue weighted by Gasteiger charge is 2.49. The fourth-order valence-corrected chi connectivity index (χ4v) is 3.52. The van der Waals surface area contributed by atoms with E-state index in [1.807, 2.05) is 0 Å². The average Bonchev–Trinajstić information content (AvgIpc) is 2.26. The Balaban J connectivity index is 2.69. The fourth-order valence-electron chi connectivity index (χ4n) is 3.52. The second-order valence-electron chi connectivity index (χ2n) is 6.39. The van der Waals surface area contributed by atoms with E-state index in [2.05, 4.69) is 65.8 Å². The van der Waals surface area contributed by atoms with Crippen LogP contribution in [0.15, 0.2) is 24.3 Å². The molecule has 0 heterocycles. The number of nitrogens with two attached hydrogens (primary N) is 1. The summed E-state index contributed by atoms with van der Waals surface area (Å²) in [6.07, 6.45) is 9.06. The molecule has 1 aliphatic carbocycles. The fraction of sp³-hybridized carbons (Fsp3) is 0.750. The van der Waals surface area contributed by atoms with Crippen molar-refractivity contribution in [3.8, 4) is 0 Å². The molecule has 3 atom stereocenters. The number of hydrogen-bond acceptors (Lipinski definition) is 1. The smallest absolute Gasteiger partial charge is 0.00965 e. The quantitative estimate of drug-likeness (QED) is 0.732. The minimum Gasteiger partial charge on any atom is -0.327 e. The summed E-state index contributed by atoms with van der Waals surface area (Å²) in [5.41, 5.74) is 6.38. The molecule has 1 rings (SSSR count). The van der Waals surface area contributed by atoms with Crippen LogP contribution < -0.4 is 5.73 Å². The van der Waals surface area contributed by atoms with E-state index in [1.54, 1.807) is 0 Å². The van der Waals surface area contributed by atoms with Crippen molar-refractivity contribution in [3.05, 3.63) is 24.3 Å². The van der Waals surface area contributed by atoms with Crippen molar-refractivity contribution < 1.29 is 0 Å². The van der Waals surface area contributed by atoms with E-state index in [-0.39, 0.29) is 5.41 Å². The highest BCUT2D eigenvalue weighted by atomic mass is 14.8. The Kier molecular flexibility index (Phi) is 4.60. The molecule has 1 fully saturated rings. The molecule has 98 valence electrons. The number of rotatable bonds is 4. The van der Waals surface area contributed by atoms with Crippen LogP contribution in [-0.2, 0) is 0 Å². The molecule has 0 amide bonds. The molecule has 1 heteroatoms. The first-order valence-corrected chi connectivity index (χ1v) is 6.89.